The summed E-state index contributed by atoms with van der Waals surface area (Å²) in [6.45, 7) is 14.0. The van der Waals surface area contributed by atoms with Crippen molar-refractivity contribution in [3.05, 3.63) is 0 Å². The van der Waals surface area contributed by atoms with Crippen molar-refractivity contribution in [2.75, 3.05) is 6.61 Å². The third-order valence-electron chi connectivity index (χ3n) is 4.09. The molecule has 0 unspecified atom stereocenters. The van der Waals surface area contributed by atoms with Gasteiger partial charge >= 0.3 is 29.9 Å². The molecule has 0 saturated heterocycles. The fourth-order valence-electron chi connectivity index (χ4n) is 2.69. The van der Waals surface area contributed by atoms with Crippen LogP contribution in [-0.2, 0) is 33.4 Å². The number of esters is 3. The molecule has 0 aromatic rings. The van der Waals surface area contributed by atoms with E-state index in [-0.39, 0.29) is 44.6 Å². The Hall–Kier alpha value is -2.85. The Labute approximate surface area is 207 Å². The zero-order chi connectivity index (χ0) is 27.4. The maximum absolute atomic E-state index is 12.7. The molecule has 0 aliphatic carbocycles. The molecule has 0 aromatic heterocycles. The molecule has 11 nitrogen and oxygen atoms in total. The van der Waals surface area contributed by atoms with E-state index in [9.17, 15) is 24.0 Å². The van der Waals surface area contributed by atoms with Gasteiger partial charge in [0.15, 0.2) is 0 Å². The van der Waals surface area contributed by atoms with Crippen molar-refractivity contribution < 1.29 is 43.3 Å². The first-order valence-corrected chi connectivity index (χ1v) is 11.8. The van der Waals surface area contributed by atoms with Gasteiger partial charge in [-0.05, 0) is 66.7 Å². The molecule has 0 aromatic carbocycles. The highest BCUT2D eigenvalue weighted by atomic mass is 16.6. The number of carboxylic acids is 1. The molecule has 0 rings (SSSR count). The minimum atomic E-state index is -1.22. The molecule has 0 bridgehead atoms. The Morgan fingerprint density at radius 3 is 1.74 bits per heavy atom. The highest BCUT2D eigenvalue weighted by Crippen LogP contribution is 2.14. The molecular weight excluding hydrogens is 460 g/mol. The van der Waals surface area contributed by atoms with Crippen LogP contribution in [0.15, 0.2) is 0 Å². The summed E-state index contributed by atoms with van der Waals surface area (Å²) in [5.41, 5.74) is -1.46. The summed E-state index contributed by atoms with van der Waals surface area (Å²) >= 11 is 0. The lowest BCUT2D eigenvalue weighted by Gasteiger charge is -2.25. The van der Waals surface area contributed by atoms with Crippen LogP contribution < -0.4 is 10.6 Å². The van der Waals surface area contributed by atoms with Gasteiger partial charge < -0.3 is 30.0 Å². The number of nitrogens with one attached hydrogen (secondary N) is 2. The number of rotatable bonds is 13. The molecule has 0 spiro atoms. The number of carbonyl (C=O) groups is 5. The summed E-state index contributed by atoms with van der Waals surface area (Å²) in [7, 11) is 0. The van der Waals surface area contributed by atoms with E-state index in [1.54, 1.807) is 41.5 Å². The lowest BCUT2D eigenvalue weighted by Crippen LogP contribution is -2.52. The van der Waals surface area contributed by atoms with Crippen molar-refractivity contribution in [2.24, 2.45) is 5.92 Å². The summed E-state index contributed by atoms with van der Waals surface area (Å²) in [4.78, 5) is 60.6. The quantitative estimate of drug-likeness (QED) is 0.254. The average Bonchev–Trinajstić information content (AvgIpc) is 2.65. The SMILES string of the molecule is CC(C)COC(=O)[C@H](CCC(=O)O)NC(=O)N[C@@H](CCCC(=O)OC(C)(C)C)C(=O)OC(C)(C)C. The number of amides is 2. The molecule has 0 aliphatic rings. The van der Waals surface area contributed by atoms with Crippen LogP contribution in [0.3, 0.4) is 0 Å². The first-order valence-electron chi connectivity index (χ1n) is 11.8. The molecular formula is C24H42N2O9. The van der Waals surface area contributed by atoms with Gasteiger partial charge in [-0.2, -0.15) is 0 Å². The minimum absolute atomic E-state index is 0.0304. The predicted molar refractivity (Wildman–Crippen MR) is 127 cm³/mol. The summed E-state index contributed by atoms with van der Waals surface area (Å²) < 4.78 is 15.8. The highest BCUT2D eigenvalue weighted by molar-refractivity contribution is 5.87. The molecule has 0 heterocycles. The van der Waals surface area contributed by atoms with Crippen LogP contribution in [0.5, 0.6) is 0 Å². The van der Waals surface area contributed by atoms with E-state index in [2.05, 4.69) is 10.6 Å². The maximum atomic E-state index is 12.7. The zero-order valence-corrected chi connectivity index (χ0v) is 22.2. The van der Waals surface area contributed by atoms with E-state index in [1.807, 2.05) is 13.8 Å². The van der Waals surface area contributed by atoms with Gasteiger partial charge in [0.2, 0.25) is 0 Å². The van der Waals surface area contributed by atoms with E-state index < -0.39 is 53.2 Å². The van der Waals surface area contributed by atoms with Gasteiger partial charge in [0, 0.05) is 12.8 Å². The monoisotopic (exact) mass is 502 g/mol. The van der Waals surface area contributed by atoms with Crippen molar-refractivity contribution in [3.8, 4) is 0 Å². The van der Waals surface area contributed by atoms with Crippen LogP contribution in [-0.4, -0.2) is 64.9 Å². The molecule has 202 valence electrons. The summed E-state index contributed by atoms with van der Waals surface area (Å²) in [6.07, 6.45) is -0.206. The van der Waals surface area contributed by atoms with Crippen molar-refractivity contribution in [3.63, 3.8) is 0 Å². The molecule has 35 heavy (non-hydrogen) atoms. The summed E-state index contributed by atoms with van der Waals surface area (Å²) in [5.74, 6) is -3.00. The molecule has 0 aliphatic heterocycles. The van der Waals surface area contributed by atoms with E-state index in [0.717, 1.165) is 0 Å². The van der Waals surface area contributed by atoms with Crippen LogP contribution in [0.4, 0.5) is 4.79 Å². The van der Waals surface area contributed by atoms with Gasteiger partial charge in [0.1, 0.15) is 23.3 Å². The second-order valence-electron chi connectivity index (χ2n) is 10.7. The second-order valence-corrected chi connectivity index (χ2v) is 10.7. The standard InChI is InChI=1S/C24H42N2O9/c1-15(2)14-33-20(30)17(12-13-18(27)28)26-22(32)25-16(21(31)35-24(6,7)8)10-9-11-19(29)34-23(3,4)5/h15-17H,9-14H2,1-8H3,(H,27,28)(H2,25,26,32)/t16-,17-/m0/s1. The molecule has 0 radical (unpaired) electrons. The minimum Gasteiger partial charge on any atom is -0.481 e. The van der Waals surface area contributed by atoms with E-state index in [0.29, 0.717) is 0 Å². The van der Waals surface area contributed by atoms with Gasteiger partial charge in [0.05, 0.1) is 6.61 Å². The third kappa shape index (κ3) is 17.3. The Balaban J connectivity index is 5.27. The Morgan fingerprint density at radius 2 is 1.29 bits per heavy atom. The predicted octanol–water partition coefficient (Wildman–Crippen LogP) is 2.94. The van der Waals surface area contributed by atoms with E-state index >= 15 is 0 Å². The number of carbonyl (C=O) groups excluding carboxylic acids is 4. The Kier molecular flexibility index (Phi) is 13.3. The van der Waals surface area contributed by atoms with Crippen molar-refractivity contribution in [1.82, 2.24) is 10.6 Å². The van der Waals surface area contributed by atoms with E-state index in [1.165, 1.54) is 0 Å². The van der Waals surface area contributed by atoms with Crippen molar-refractivity contribution in [1.29, 1.82) is 0 Å². The van der Waals surface area contributed by atoms with Gasteiger partial charge in [-0.15, -0.1) is 0 Å². The summed E-state index contributed by atoms with van der Waals surface area (Å²) in [5, 5.41) is 13.8. The lowest BCUT2D eigenvalue weighted by molar-refractivity contribution is -0.159. The number of ether oxygens (including phenoxy) is 3. The van der Waals surface area contributed by atoms with Crippen LogP contribution >= 0.6 is 0 Å². The van der Waals surface area contributed by atoms with Crippen LogP contribution in [0.1, 0.15) is 87.5 Å². The molecule has 3 N–H and O–H groups in total. The Morgan fingerprint density at radius 1 is 0.771 bits per heavy atom. The zero-order valence-electron chi connectivity index (χ0n) is 22.2. The van der Waals surface area contributed by atoms with Crippen LogP contribution in [0.25, 0.3) is 0 Å². The number of aliphatic carboxylic acids is 1. The Bertz CT molecular complexity index is 736. The summed E-state index contributed by atoms with van der Waals surface area (Å²) in [6, 6.07) is -3.19. The topological polar surface area (TPSA) is 157 Å². The molecule has 0 fully saturated rings. The van der Waals surface area contributed by atoms with Crippen molar-refractivity contribution in [2.45, 2.75) is 111 Å². The average molecular weight is 503 g/mol. The van der Waals surface area contributed by atoms with Gasteiger partial charge in [0.25, 0.3) is 0 Å². The number of urea groups is 1. The second kappa shape index (κ2) is 14.5. The van der Waals surface area contributed by atoms with Gasteiger partial charge in [-0.3, -0.25) is 9.59 Å². The number of hydrogen-bond acceptors (Lipinski definition) is 8. The molecule has 2 amide bonds. The fourth-order valence-corrected chi connectivity index (χ4v) is 2.69. The molecule has 0 saturated carbocycles. The van der Waals surface area contributed by atoms with Gasteiger partial charge in [-0.25, -0.2) is 14.4 Å². The first-order chi connectivity index (χ1) is 15.9. The van der Waals surface area contributed by atoms with Crippen LogP contribution in [0.2, 0.25) is 0 Å². The van der Waals surface area contributed by atoms with Gasteiger partial charge in [-0.1, -0.05) is 13.8 Å². The molecule has 11 heteroatoms. The normalized spacial score (nSPS) is 13.4. The largest absolute Gasteiger partial charge is 0.481 e. The number of hydrogen-bond donors (Lipinski definition) is 3. The first kappa shape index (κ1) is 32.1. The van der Waals surface area contributed by atoms with E-state index in [4.69, 9.17) is 19.3 Å². The molecule has 2 atom stereocenters. The smallest absolute Gasteiger partial charge is 0.329 e. The van der Waals surface area contributed by atoms with Crippen LogP contribution in [0, 0.1) is 5.92 Å². The fraction of sp³-hybridized carbons (Fsp3) is 0.792. The lowest BCUT2D eigenvalue weighted by atomic mass is 10.1. The maximum Gasteiger partial charge on any atom is 0.329 e. The van der Waals surface area contributed by atoms with Crippen molar-refractivity contribution >= 4 is 29.9 Å². The highest BCUT2D eigenvalue weighted by Gasteiger charge is 2.29. The third-order valence-corrected chi connectivity index (χ3v) is 4.09. The number of carboxylic acid groups (broad SMARTS) is 1.